The first-order chi connectivity index (χ1) is 4.83. The summed E-state index contributed by atoms with van der Waals surface area (Å²) in [6.07, 6.45) is 9.86. The summed E-state index contributed by atoms with van der Waals surface area (Å²) in [7, 11) is 0. The molecular formula is C10H14. The van der Waals surface area contributed by atoms with E-state index >= 15 is 0 Å². The number of rotatable bonds is 3. The van der Waals surface area contributed by atoms with E-state index in [0.29, 0.717) is 0 Å². The van der Waals surface area contributed by atoms with E-state index in [1.807, 2.05) is 0 Å². The normalized spacial score (nSPS) is 15.5. The fraction of sp³-hybridized carbons (Fsp3) is 0.400. The summed E-state index contributed by atoms with van der Waals surface area (Å²) in [6, 6.07) is 0. The Morgan fingerprint density at radius 2 is 2.50 bits per heavy atom. The quantitative estimate of drug-likeness (QED) is 0.520. The Kier molecular flexibility index (Phi) is 2.49. The van der Waals surface area contributed by atoms with E-state index in [-0.39, 0.29) is 0 Å². The first kappa shape index (κ1) is 7.33. The molecule has 1 aliphatic rings. The summed E-state index contributed by atoms with van der Waals surface area (Å²) >= 11 is 0. The fourth-order valence-electron chi connectivity index (χ4n) is 1.07. The lowest BCUT2D eigenvalue weighted by molar-refractivity contribution is 0.978. The summed E-state index contributed by atoms with van der Waals surface area (Å²) in [5, 5.41) is 0. The summed E-state index contributed by atoms with van der Waals surface area (Å²) in [4.78, 5) is 0. The van der Waals surface area contributed by atoms with Gasteiger partial charge in [-0.15, -0.1) is 0 Å². The zero-order valence-corrected chi connectivity index (χ0v) is 6.56. The average molecular weight is 134 g/mol. The topological polar surface area (TPSA) is 0 Å². The standard InChI is InChI=1S/C10H14/c1-3-9(2)8-10-6-4-5-7-10/h4-6H,2-3,7-8H2,1H3. The molecule has 0 spiro atoms. The Labute approximate surface area is 62.9 Å². The molecule has 0 radical (unpaired) electrons. The molecule has 0 aromatic rings. The average Bonchev–Trinajstić information content (AvgIpc) is 2.40. The van der Waals surface area contributed by atoms with Gasteiger partial charge in [0.15, 0.2) is 0 Å². The van der Waals surface area contributed by atoms with Gasteiger partial charge in [0, 0.05) is 0 Å². The van der Waals surface area contributed by atoms with E-state index in [4.69, 9.17) is 0 Å². The van der Waals surface area contributed by atoms with E-state index in [1.54, 1.807) is 0 Å². The molecule has 0 N–H and O–H groups in total. The second kappa shape index (κ2) is 3.40. The van der Waals surface area contributed by atoms with Gasteiger partial charge < -0.3 is 0 Å². The zero-order chi connectivity index (χ0) is 7.40. The van der Waals surface area contributed by atoms with Gasteiger partial charge in [-0.3, -0.25) is 0 Å². The minimum Gasteiger partial charge on any atom is -0.0995 e. The lowest BCUT2D eigenvalue weighted by Crippen LogP contribution is -1.81. The Morgan fingerprint density at radius 1 is 1.70 bits per heavy atom. The van der Waals surface area contributed by atoms with Crippen LogP contribution in [-0.2, 0) is 0 Å². The van der Waals surface area contributed by atoms with Crippen molar-refractivity contribution in [1.29, 1.82) is 0 Å². The molecule has 1 rings (SSSR count). The van der Waals surface area contributed by atoms with Gasteiger partial charge in [0.1, 0.15) is 0 Å². The third kappa shape index (κ3) is 1.87. The fourth-order valence-corrected chi connectivity index (χ4v) is 1.07. The molecule has 1 aliphatic carbocycles. The first-order valence-electron chi connectivity index (χ1n) is 3.84. The van der Waals surface area contributed by atoms with Crippen molar-refractivity contribution in [2.75, 3.05) is 0 Å². The minimum atomic E-state index is 1.10. The predicted molar refractivity (Wildman–Crippen MR) is 45.9 cm³/mol. The van der Waals surface area contributed by atoms with Crippen LogP contribution in [0.1, 0.15) is 26.2 Å². The number of hydrogen-bond acceptors (Lipinski definition) is 0. The van der Waals surface area contributed by atoms with Crippen LogP contribution in [0.4, 0.5) is 0 Å². The molecule has 0 atom stereocenters. The number of allylic oxidation sites excluding steroid dienone is 5. The number of hydrogen-bond donors (Lipinski definition) is 0. The molecule has 54 valence electrons. The maximum absolute atomic E-state index is 3.97. The van der Waals surface area contributed by atoms with Crippen LogP contribution in [0.25, 0.3) is 0 Å². The Bertz CT molecular complexity index is 182. The Morgan fingerprint density at radius 3 is 3.00 bits per heavy atom. The molecule has 0 aliphatic heterocycles. The van der Waals surface area contributed by atoms with Crippen molar-refractivity contribution in [3.63, 3.8) is 0 Å². The molecule has 0 heterocycles. The monoisotopic (exact) mass is 134 g/mol. The lowest BCUT2D eigenvalue weighted by atomic mass is 10.0. The van der Waals surface area contributed by atoms with Crippen LogP contribution in [0.5, 0.6) is 0 Å². The van der Waals surface area contributed by atoms with Crippen LogP contribution in [0.2, 0.25) is 0 Å². The van der Waals surface area contributed by atoms with Gasteiger partial charge in [-0.2, -0.15) is 0 Å². The van der Waals surface area contributed by atoms with Gasteiger partial charge in [-0.25, -0.2) is 0 Å². The smallest absolute Gasteiger partial charge is 0.0105 e. The van der Waals surface area contributed by atoms with E-state index in [9.17, 15) is 0 Å². The van der Waals surface area contributed by atoms with Crippen LogP contribution >= 0.6 is 0 Å². The molecule has 0 aromatic carbocycles. The lowest BCUT2D eigenvalue weighted by Gasteiger charge is -2.01. The second-order valence-corrected chi connectivity index (χ2v) is 2.74. The van der Waals surface area contributed by atoms with Crippen LogP contribution in [0.15, 0.2) is 36.0 Å². The van der Waals surface area contributed by atoms with Crippen molar-refractivity contribution in [3.8, 4) is 0 Å². The highest BCUT2D eigenvalue weighted by Crippen LogP contribution is 2.19. The van der Waals surface area contributed by atoms with Crippen molar-refractivity contribution >= 4 is 0 Å². The molecular weight excluding hydrogens is 120 g/mol. The largest absolute Gasteiger partial charge is 0.0995 e. The SMILES string of the molecule is C=C(CC)CC1=CC=CC1. The van der Waals surface area contributed by atoms with Gasteiger partial charge >= 0.3 is 0 Å². The highest BCUT2D eigenvalue weighted by atomic mass is 14.0. The third-order valence-electron chi connectivity index (χ3n) is 1.83. The maximum atomic E-state index is 3.97. The molecule has 0 saturated carbocycles. The summed E-state index contributed by atoms with van der Waals surface area (Å²) in [5.41, 5.74) is 2.85. The van der Waals surface area contributed by atoms with Crippen molar-refractivity contribution in [1.82, 2.24) is 0 Å². The molecule has 0 amide bonds. The molecule has 0 saturated heterocycles. The Hall–Kier alpha value is -0.780. The van der Waals surface area contributed by atoms with E-state index < -0.39 is 0 Å². The minimum absolute atomic E-state index is 1.10. The molecule has 0 nitrogen and oxygen atoms in total. The van der Waals surface area contributed by atoms with Gasteiger partial charge in [0.05, 0.1) is 0 Å². The maximum Gasteiger partial charge on any atom is -0.0105 e. The van der Waals surface area contributed by atoms with Gasteiger partial charge in [-0.1, -0.05) is 42.9 Å². The first-order valence-corrected chi connectivity index (χ1v) is 3.84. The third-order valence-corrected chi connectivity index (χ3v) is 1.83. The van der Waals surface area contributed by atoms with E-state index in [1.165, 1.54) is 11.1 Å². The highest BCUT2D eigenvalue weighted by Gasteiger charge is 1.99. The summed E-state index contributed by atoms with van der Waals surface area (Å²) < 4.78 is 0. The van der Waals surface area contributed by atoms with Crippen molar-refractivity contribution in [2.24, 2.45) is 0 Å². The van der Waals surface area contributed by atoms with Crippen molar-refractivity contribution < 1.29 is 0 Å². The molecule has 0 bridgehead atoms. The zero-order valence-electron chi connectivity index (χ0n) is 6.56. The molecule has 10 heavy (non-hydrogen) atoms. The molecule has 0 heteroatoms. The highest BCUT2D eigenvalue weighted by molar-refractivity contribution is 5.26. The van der Waals surface area contributed by atoms with E-state index in [2.05, 4.69) is 31.7 Å². The van der Waals surface area contributed by atoms with Gasteiger partial charge in [0.2, 0.25) is 0 Å². The van der Waals surface area contributed by atoms with E-state index in [0.717, 1.165) is 19.3 Å². The van der Waals surface area contributed by atoms with Crippen molar-refractivity contribution in [3.05, 3.63) is 36.0 Å². The second-order valence-electron chi connectivity index (χ2n) is 2.74. The predicted octanol–water partition coefficient (Wildman–Crippen LogP) is 3.23. The molecule has 0 aromatic heterocycles. The molecule has 0 fully saturated rings. The summed E-state index contributed by atoms with van der Waals surface area (Å²) in [6.45, 7) is 6.13. The van der Waals surface area contributed by atoms with Crippen molar-refractivity contribution in [2.45, 2.75) is 26.2 Å². The summed E-state index contributed by atoms with van der Waals surface area (Å²) in [5.74, 6) is 0. The molecule has 0 unspecified atom stereocenters. The Balaban J connectivity index is 2.33. The van der Waals surface area contributed by atoms with Crippen LogP contribution in [0, 0.1) is 0 Å². The van der Waals surface area contributed by atoms with Crippen LogP contribution in [-0.4, -0.2) is 0 Å². The van der Waals surface area contributed by atoms with Crippen LogP contribution < -0.4 is 0 Å². The van der Waals surface area contributed by atoms with Gasteiger partial charge in [0.25, 0.3) is 0 Å². The van der Waals surface area contributed by atoms with Crippen LogP contribution in [0.3, 0.4) is 0 Å². The van der Waals surface area contributed by atoms with Gasteiger partial charge in [-0.05, 0) is 19.3 Å².